The molecule has 5 nitrogen and oxygen atoms in total. The second-order valence-corrected chi connectivity index (χ2v) is 10.7. The van der Waals surface area contributed by atoms with Gasteiger partial charge < -0.3 is 4.57 Å². The van der Waals surface area contributed by atoms with E-state index in [2.05, 4.69) is 27.9 Å². The van der Waals surface area contributed by atoms with Crippen LogP contribution in [0.5, 0.6) is 0 Å². The molecule has 0 aliphatic heterocycles. The molecule has 0 bridgehead atoms. The number of imidazole rings is 1. The third-order valence-electron chi connectivity index (χ3n) is 6.82. The van der Waals surface area contributed by atoms with Crippen molar-refractivity contribution in [2.45, 2.75) is 83.9 Å². The van der Waals surface area contributed by atoms with Crippen LogP contribution in [-0.4, -0.2) is 20.4 Å². The number of hydrogen-bond donors (Lipinski definition) is 1. The molecule has 9 heteroatoms. The van der Waals surface area contributed by atoms with Crippen molar-refractivity contribution in [3.05, 3.63) is 65.0 Å². The minimum atomic E-state index is -4.45. The van der Waals surface area contributed by atoms with Crippen LogP contribution in [0.4, 0.5) is 18.3 Å². The van der Waals surface area contributed by atoms with Gasteiger partial charge in [0, 0.05) is 17.5 Å². The fraction of sp³-hybridized carbons (Fsp3) is 0.433. The molecule has 0 saturated heterocycles. The highest BCUT2D eigenvalue weighted by atomic mass is 32.1. The molecule has 39 heavy (non-hydrogen) atoms. The molecule has 4 aromatic rings. The van der Waals surface area contributed by atoms with Gasteiger partial charge in [-0.15, -0.1) is 11.3 Å². The summed E-state index contributed by atoms with van der Waals surface area (Å²) in [6, 6.07) is 12.1. The molecule has 1 amide bonds. The number of para-hydroxylation sites is 2. The lowest BCUT2D eigenvalue weighted by atomic mass is 10.1. The number of carbonyl (C=O) groups is 1. The largest absolute Gasteiger partial charge is 0.416 e. The first kappa shape index (κ1) is 28.8. The van der Waals surface area contributed by atoms with Gasteiger partial charge in [0.25, 0.3) is 5.91 Å². The van der Waals surface area contributed by atoms with Crippen LogP contribution in [0, 0.1) is 0 Å². The lowest BCUT2D eigenvalue weighted by Gasteiger charge is -2.08. The van der Waals surface area contributed by atoms with Crippen LogP contribution in [0.25, 0.3) is 22.6 Å². The molecule has 0 atom stereocenters. The van der Waals surface area contributed by atoms with Gasteiger partial charge >= 0.3 is 6.18 Å². The third kappa shape index (κ3) is 7.91. The molecule has 0 spiro atoms. The van der Waals surface area contributed by atoms with E-state index in [1.54, 1.807) is 0 Å². The van der Waals surface area contributed by atoms with E-state index in [1.807, 2.05) is 23.6 Å². The molecule has 0 saturated carbocycles. The van der Waals surface area contributed by atoms with Crippen LogP contribution >= 0.6 is 11.3 Å². The Morgan fingerprint density at radius 2 is 1.51 bits per heavy atom. The topological polar surface area (TPSA) is 59.8 Å². The maximum Gasteiger partial charge on any atom is 0.416 e. The van der Waals surface area contributed by atoms with Gasteiger partial charge in [-0.25, -0.2) is 9.97 Å². The number of benzene rings is 2. The summed E-state index contributed by atoms with van der Waals surface area (Å²) < 4.78 is 40.6. The van der Waals surface area contributed by atoms with Crippen LogP contribution < -0.4 is 5.32 Å². The van der Waals surface area contributed by atoms with Crippen molar-refractivity contribution in [1.82, 2.24) is 14.5 Å². The summed E-state index contributed by atoms with van der Waals surface area (Å²) in [5, 5.41) is 4.91. The first-order chi connectivity index (χ1) is 18.9. The van der Waals surface area contributed by atoms with Crippen LogP contribution in [-0.2, 0) is 12.7 Å². The molecule has 4 rings (SSSR count). The second-order valence-electron chi connectivity index (χ2n) is 9.82. The Labute approximate surface area is 231 Å². The molecule has 1 N–H and O–H groups in total. The van der Waals surface area contributed by atoms with Crippen molar-refractivity contribution in [3.8, 4) is 11.5 Å². The van der Waals surface area contributed by atoms with Crippen molar-refractivity contribution in [3.63, 3.8) is 0 Å². The lowest BCUT2D eigenvalue weighted by Crippen LogP contribution is -2.12. The molecular weight excluding hydrogens is 521 g/mol. The first-order valence-electron chi connectivity index (χ1n) is 13.8. The van der Waals surface area contributed by atoms with Crippen LogP contribution in [0.15, 0.2) is 53.9 Å². The number of aryl methyl sites for hydroxylation is 1. The Kier molecular flexibility index (Phi) is 10.1. The molecule has 2 aromatic carbocycles. The molecular formula is C30H35F3N4OS. The summed E-state index contributed by atoms with van der Waals surface area (Å²) in [5.41, 5.74) is 1.94. The normalized spacial score (nSPS) is 11.8. The number of fused-ring (bicyclic) bond motifs is 1. The van der Waals surface area contributed by atoms with Gasteiger partial charge in [0.15, 0.2) is 11.0 Å². The Bertz CT molecular complexity index is 1340. The molecule has 0 aliphatic rings. The van der Waals surface area contributed by atoms with Gasteiger partial charge in [0.2, 0.25) is 0 Å². The Morgan fingerprint density at radius 1 is 0.872 bits per heavy atom. The van der Waals surface area contributed by atoms with Crippen LogP contribution in [0.1, 0.15) is 87.1 Å². The SMILES string of the molecule is CCCCCCCCCCCCn1c(-c2csc(NC(=O)c3ccc(C(F)(F)F)cc3)n2)nc2ccccc21. The summed E-state index contributed by atoms with van der Waals surface area (Å²) in [4.78, 5) is 22.0. The monoisotopic (exact) mass is 556 g/mol. The number of unbranched alkanes of at least 4 members (excludes halogenated alkanes) is 9. The predicted molar refractivity (Wildman–Crippen MR) is 152 cm³/mol. The van der Waals surface area contributed by atoms with E-state index >= 15 is 0 Å². The number of thiazole rings is 1. The molecule has 0 radical (unpaired) electrons. The molecule has 2 aromatic heterocycles. The zero-order valence-electron chi connectivity index (χ0n) is 22.3. The minimum absolute atomic E-state index is 0.132. The zero-order valence-corrected chi connectivity index (χ0v) is 23.1. The number of alkyl halides is 3. The van der Waals surface area contributed by atoms with Crippen molar-refractivity contribution >= 4 is 33.4 Å². The molecule has 2 heterocycles. The average molecular weight is 557 g/mol. The number of anilines is 1. The van der Waals surface area contributed by atoms with E-state index in [-0.39, 0.29) is 5.56 Å². The number of halogens is 3. The lowest BCUT2D eigenvalue weighted by molar-refractivity contribution is -0.137. The fourth-order valence-electron chi connectivity index (χ4n) is 4.67. The highest BCUT2D eigenvalue weighted by Crippen LogP contribution is 2.30. The molecule has 0 unspecified atom stereocenters. The van der Waals surface area contributed by atoms with E-state index < -0.39 is 17.6 Å². The summed E-state index contributed by atoms with van der Waals surface area (Å²) in [5.74, 6) is 0.238. The Morgan fingerprint density at radius 3 is 2.18 bits per heavy atom. The van der Waals surface area contributed by atoms with E-state index in [0.717, 1.165) is 48.4 Å². The van der Waals surface area contributed by atoms with Crippen molar-refractivity contribution < 1.29 is 18.0 Å². The maximum absolute atomic E-state index is 12.8. The average Bonchev–Trinajstić information content (AvgIpc) is 3.54. The van der Waals surface area contributed by atoms with Gasteiger partial charge in [-0.05, 0) is 42.8 Å². The smallest absolute Gasteiger partial charge is 0.323 e. The third-order valence-corrected chi connectivity index (χ3v) is 7.58. The standard InChI is InChI=1S/C30H35F3N4OS/c1-2-3-4-5-6-7-8-9-10-13-20-37-26-15-12-11-14-24(26)34-27(37)25-21-39-29(35-25)36-28(38)22-16-18-23(19-17-22)30(31,32)33/h11-12,14-19,21H,2-10,13,20H2,1H3,(H,35,36,38). The van der Waals surface area contributed by atoms with Gasteiger partial charge in [-0.1, -0.05) is 76.8 Å². The van der Waals surface area contributed by atoms with E-state index in [4.69, 9.17) is 4.98 Å². The van der Waals surface area contributed by atoms with Gasteiger partial charge in [-0.3, -0.25) is 10.1 Å². The number of aromatic nitrogens is 3. The molecule has 208 valence electrons. The quantitative estimate of drug-likeness (QED) is 0.157. The van der Waals surface area contributed by atoms with E-state index in [1.165, 1.54) is 74.8 Å². The number of nitrogens with zero attached hydrogens (tertiary/aromatic N) is 3. The summed E-state index contributed by atoms with van der Waals surface area (Å²) in [6.45, 7) is 3.07. The fourth-order valence-corrected chi connectivity index (χ4v) is 5.35. The van der Waals surface area contributed by atoms with Crippen molar-refractivity contribution in [1.29, 1.82) is 0 Å². The summed E-state index contributed by atoms with van der Waals surface area (Å²) in [6.07, 6.45) is 8.22. The van der Waals surface area contributed by atoms with Gasteiger partial charge in [0.1, 0.15) is 5.69 Å². The Balaban J connectivity index is 1.37. The van der Waals surface area contributed by atoms with Gasteiger partial charge in [-0.2, -0.15) is 13.2 Å². The summed E-state index contributed by atoms with van der Waals surface area (Å²) >= 11 is 1.26. The molecule has 0 fully saturated rings. The van der Waals surface area contributed by atoms with Gasteiger partial charge in [0.05, 0.1) is 16.6 Å². The van der Waals surface area contributed by atoms with Crippen LogP contribution in [0.3, 0.4) is 0 Å². The molecule has 0 aliphatic carbocycles. The maximum atomic E-state index is 12.8. The van der Waals surface area contributed by atoms with Crippen molar-refractivity contribution in [2.24, 2.45) is 0 Å². The van der Waals surface area contributed by atoms with E-state index in [0.29, 0.717) is 10.8 Å². The minimum Gasteiger partial charge on any atom is -0.323 e. The second kappa shape index (κ2) is 13.7. The highest BCUT2D eigenvalue weighted by molar-refractivity contribution is 7.14. The Hall–Kier alpha value is -3.20. The predicted octanol–water partition coefficient (Wildman–Crippen LogP) is 9.35. The number of carbonyl (C=O) groups excluding carboxylic acids is 1. The van der Waals surface area contributed by atoms with E-state index in [9.17, 15) is 18.0 Å². The summed E-state index contributed by atoms with van der Waals surface area (Å²) in [7, 11) is 0. The number of nitrogens with one attached hydrogen (secondary N) is 1. The van der Waals surface area contributed by atoms with Crippen LogP contribution in [0.2, 0.25) is 0 Å². The number of amides is 1. The zero-order chi connectivity index (χ0) is 27.7. The number of hydrogen-bond acceptors (Lipinski definition) is 4. The van der Waals surface area contributed by atoms with Crippen molar-refractivity contribution in [2.75, 3.05) is 5.32 Å². The first-order valence-corrected chi connectivity index (χ1v) is 14.6. The highest BCUT2D eigenvalue weighted by Gasteiger charge is 2.30. The number of rotatable bonds is 14.